The number of benzene rings is 1. The number of hydrogen-bond acceptors (Lipinski definition) is 2. The molecule has 0 saturated heterocycles. The Labute approximate surface area is 104 Å². The lowest BCUT2D eigenvalue weighted by atomic mass is 10.0. The summed E-state index contributed by atoms with van der Waals surface area (Å²) in [6.07, 6.45) is 0.456. The second kappa shape index (κ2) is 4.89. The molecule has 0 aliphatic rings. The number of halogens is 3. The summed E-state index contributed by atoms with van der Waals surface area (Å²) in [7, 11) is -4.23. The van der Waals surface area contributed by atoms with Crippen LogP contribution in [0.25, 0.3) is 0 Å². The van der Waals surface area contributed by atoms with Gasteiger partial charge in [-0.15, -0.1) is 0 Å². The first-order valence-corrected chi connectivity index (χ1v) is 6.76. The molecule has 3 nitrogen and oxygen atoms in total. The van der Waals surface area contributed by atoms with Crippen molar-refractivity contribution in [1.29, 1.82) is 0 Å². The molecule has 1 aromatic carbocycles. The average Bonchev–Trinajstić information content (AvgIpc) is 2.24. The number of nitrogens with one attached hydrogen (secondary N) is 1. The van der Waals surface area contributed by atoms with E-state index in [0.717, 1.165) is 0 Å². The second-order valence-corrected chi connectivity index (χ2v) is 6.17. The van der Waals surface area contributed by atoms with Crippen LogP contribution in [0.15, 0.2) is 17.0 Å². The van der Waals surface area contributed by atoms with Crippen molar-refractivity contribution in [2.24, 2.45) is 0 Å². The smallest absolute Gasteiger partial charge is 0.207 e. The van der Waals surface area contributed by atoms with E-state index in [-0.39, 0.29) is 0 Å². The Balaban J connectivity index is 3.27. The highest BCUT2D eigenvalue weighted by Gasteiger charge is 2.29. The standard InChI is InChI=1S/C11H14F3NO2S/c1-4-11(2,3)15-18(16,17)8-6-5-7(12)9(13)10(8)14/h5-6,15H,4H2,1-3H3. The van der Waals surface area contributed by atoms with E-state index in [2.05, 4.69) is 4.72 Å². The highest BCUT2D eigenvalue weighted by atomic mass is 32.2. The minimum absolute atomic E-state index is 0.456. The SMILES string of the molecule is CCC(C)(C)NS(=O)(=O)c1ccc(F)c(F)c1F. The summed E-state index contributed by atoms with van der Waals surface area (Å²) >= 11 is 0. The lowest BCUT2D eigenvalue weighted by Gasteiger charge is -2.24. The van der Waals surface area contributed by atoms with Crippen molar-refractivity contribution in [1.82, 2.24) is 4.72 Å². The van der Waals surface area contributed by atoms with Gasteiger partial charge in [0.05, 0.1) is 0 Å². The molecule has 0 saturated carbocycles. The van der Waals surface area contributed by atoms with Crippen LogP contribution in [0.3, 0.4) is 0 Å². The molecule has 1 rings (SSSR count). The molecule has 0 radical (unpaired) electrons. The van der Waals surface area contributed by atoms with Crippen LogP contribution in [-0.2, 0) is 10.0 Å². The van der Waals surface area contributed by atoms with Gasteiger partial charge >= 0.3 is 0 Å². The van der Waals surface area contributed by atoms with Crippen molar-refractivity contribution in [2.45, 2.75) is 37.6 Å². The van der Waals surface area contributed by atoms with Crippen molar-refractivity contribution in [3.8, 4) is 0 Å². The quantitative estimate of drug-likeness (QED) is 0.862. The van der Waals surface area contributed by atoms with Crippen molar-refractivity contribution in [2.75, 3.05) is 0 Å². The Morgan fingerprint density at radius 1 is 1.17 bits per heavy atom. The third kappa shape index (κ3) is 3.02. The van der Waals surface area contributed by atoms with E-state index in [1.54, 1.807) is 20.8 Å². The molecule has 0 heterocycles. The van der Waals surface area contributed by atoms with Gasteiger partial charge in [-0.25, -0.2) is 26.3 Å². The summed E-state index contributed by atoms with van der Waals surface area (Å²) in [5.41, 5.74) is -0.809. The van der Waals surface area contributed by atoms with E-state index in [1.165, 1.54) is 0 Å². The Hall–Kier alpha value is -1.08. The van der Waals surface area contributed by atoms with Gasteiger partial charge in [0, 0.05) is 5.54 Å². The largest absolute Gasteiger partial charge is 0.244 e. The van der Waals surface area contributed by atoms with Gasteiger partial charge in [-0.3, -0.25) is 0 Å². The van der Waals surface area contributed by atoms with E-state index in [9.17, 15) is 21.6 Å². The van der Waals surface area contributed by atoms with Gasteiger partial charge in [-0.1, -0.05) is 6.92 Å². The Morgan fingerprint density at radius 3 is 2.22 bits per heavy atom. The molecule has 18 heavy (non-hydrogen) atoms. The summed E-state index contributed by atoms with van der Waals surface area (Å²) in [5, 5.41) is 0. The number of sulfonamides is 1. The maximum atomic E-state index is 13.4. The van der Waals surface area contributed by atoms with E-state index < -0.39 is 37.9 Å². The molecule has 7 heteroatoms. The zero-order chi connectivity index (χ0) is 14.1. The molecule has 0 aliphatic carbocycles. The first-order chi connectivity index (χ1) is 8.10. The van der Waals surface area contributed by atoms with Crippen LogP contribution in [0.2, 0.25) is 0 Å². The van der Waals surface area contributed by atoms with Crippen LogP contribution in [-0.4, -0.2) is 14.0 Å². The Morgan fingerprint density at radius 2 is 1.72 bits per heavy atom. The average molecular weight is 281 g/mol. The van der Waals surface area contributed by atoms with Gasteiger partial charge in [-0.2, -0.15) is 0 Å². The predicted octanol–water partition coefficient (Wildman–Crippen LogP) is 2.57. The van der Waals surface area contributed by atoms with E-state index >= 15 is 0 Å². The van der Waals surface area contributed by atoms with Crippen molar-refractivity contribution in [3.63, 3.8) is 0 Å². The molecule has 1 aromatic rings. The van der Waals surface area contributed by atoms with Gasteiger partial charge in [0.1, 0.15) is 4.90 Å². The Bertz CT molecular complexity index is 556. The molecule has 0 aromatic heterocycles. The van der Waals surface area contributed by atoms with Crippen molar-refractivity contribution >= 4 is 10.0 Å². The molecule has 102 valence electrons. The molecular formula is C11H14F3NO2S. The highest BCUT2D eigenvalue weighted by Crippen LogP contribution is 2.21. The molecule has 0 bridgehead atoms. The molecule has 0 spiro atoms. The zero-order valence-corrected chi connectivity index (χ0v) is 11.0. The van der Waals surface area contributed by atoms with E-state index in [1.807, 2.05) is 0 Å². The predicted molar refractivity (Wildman–Crippen MR) is 61.0 cm³/mol. The summed E-state index contributed by atoms with van der Waals surface area (Å²) < 4.78 is 65.0. The van der Waals surface area contributed by atoms with Crippen LogP contribution in [0, 0.1) is 17.5 Å². The van der Waals surface area contributed by atoms with Crippen LogP contribution < -0.4 is 4.72 Å². The lowest BCUT2D eigenvalue weighted by molar-refractivity contribution is 0.421. The zero-order valence-electron chi connectivity index (χ0n) is 10.2. The highest BCUT2D eigenvalue weighted by molar-refractivity contribution is 7.89. The summed E-state index contributed by atoms with van der Waals surface area (Å²) in [6.45, 7) is 4.94. The molecular weight excluding hydrogens is 267 g/mol. The fraction of sp³-hybridized carbons (Fsp3) is 0.455. The van der Waals surface area contributed by atoms with Crippen LogP contribution in [0.4, 0.5) is 13.2 Å². The second-order valence-electron chi connectivity index (χ2n) is 4.52. The summed E-state index contributed by atoms with van der Waals surface area (Å²) in [6, 6.07) is 1.27. The molecule has 1 N–H and O–H groups in total. The Kier molecular flexibility index (Phi) is 4.07. The fourth-order valence-corrected chi connectivity index (χ4v) is 2.76. The molecule has 0 unspecified atom stereocenters. The first-order valence-electron chi connectivity index (χ1n) is 5.28. The van der Waals surface area contributed by atoms with Gasteiger partial charge in [-0.05, 0) is 32.4 Å². The number of rotatable bonds is 4. The van der Waals surface area contributed by atoms with Gasteiger partial charge in [0.15, 0.2) is 17.5 Å². The van der Waals surface area contributed by atoms with E-state index in [4.69, 9.17) is 0 Å². The molecule has 0 aliphatic heterocycles. The van der Waals surface area contributed by atoms with Gasteiger partial charge in [0.2, 0.25) is 10.0 Å². The molecule has 0 atom stereocenters. The third-order valence-electron chi connectivity index (χ3n) is 2.58. The summed E-state index contributed by atoms with van der Waals surface area (Å²) in [5.74, 6) is -4.94. The maximum Gasteiger partial charge on any atom is 0.244 e. The van der Waals surface area contributed by atoms with Crippen LogP contribution in [0.1, 0.15) is 27.2 Å². The molecule has 0 amide bonds. The first kappa shape index (κ1) is 15.0. The van der Waals surface area contributed by atoms with Crippen molar-refractivity contribution in [3.05, 3.63) is 29.6 Å². The fourth-order valence-electron chi connectivity index (χ4n) is 1.21. The van der Waals surface area contributed by atoms with Crippen LogP contribution >= 0.6 is 0 Å². The number of hydrogen-bond donors (Lipinski definition) is 1. The third-order valence-corrected chi connectivity index (χ3v) is 4.30. The lowest BCUT2D eigenvalue weighted by Crippen LogP contribution is -2.43. The maximum absolute atomic E-state index is 13.4. The minimum Gasteiger partial charge on any atom is -0.207 e. The molecule has 0 fully saturated rings. The van der Waals surface area contributed by atoms with Crippen molar-refractivity contribution < 1.29 is 21.6 Å². The van der Waals surface area contributed by atoms with Crippen LogP contribution in [0.5, 0.6) is 0 Å². The van der Waals surface area contributed by atoms with Gasteiger partial charge in [0.25, 0.3) is 0 Å². The van der Waals surface area contributed by atoms with E-state index in [0.29, 0.717) is 18.6 Å². The topological polar surface area (TPSA) is 46.2 Å². The van der Waals surface area contributed by atoms with Gasteiger partial charge < -0.3 is 0 Å². The monoisotopic (exact) mass is 281 g/mol. The minimum atomic E-state index is -4.23. The summed E-state index contributed by atoms with van der Waals surface area (Å²) in [4.78, 5) is -0.900. The normalized spacial score (nSPS) is 12.8.